The molecule has 1 amide bonds. The monoisotopic (exact) mass is 435 g/mol. The number of nitrogens with zero attached hydrogens (tertiary/aromatic N) is 2. The predicted octanol–water partition coefficient (Wildman–Crippen LogP) is 5.06. The number of aromatic amines is 2. The molecule has 3 aromatic carbocycles. The third-order valence-electron chi connectivity index (χ3n) is 5.15. The standard InChI is InChI=1S/C23H16F3N5O/c24-23(25,26)15-5-3-4-13(10-15)12-27-22(32)14-8-9-18-19(11-14)29-21(28-18)20-16-6-1-2-7-17(16)30-31-20/h1-11H,12H2,(H,27,32)(H,28,29)(H,30,31). The van der Waals surface area contributed by atoms with Crippen molar-refractivity contribution in [1.82, 2.24) is 25.5 Å². The fraction of sp³-hybridized carbons (Fsp3) is 0.0870. The lowest BCUT2D eigenvalue weighted by Gasteiger charge is -2.09. The minimum atomic E-state index is -4.43. The maximum atomic E-state index is 12.9. The summed E-state index contributed by atoms with van der Waals surface area (Å²) in [6.45, 7) is -0.0196. The van der Waals surface area contributed by atoms with Crippen molar-refractivity contribution in [2.45, 2.75) is 12.7 Å². The van der Waals surface area contributed by atoms with Crippen molar-refractivity contribution < 1.29 is 18.0 Å². The Morgan fingerprint density at radius 2 is 1.81 bits per heavy atom. The van der Waals surface area contributed by atoms with Crippen molar-refractivity contribution in [3.8, 4) is 11.5 Å². The van der Waals surface area contributed by atoms with E-state index in [4.69, 9.17) is 0 Å². The van der Waals surface area contributed by atoms with Gasteiger partial charge in [-0.1, -0.05) is 30.3 Å². The number of halogens is 3. The molecule has 0 saturated carbocycles. The van der Waals surface area contributed by atoms with Gasteiger partial charge in [-0.15, -0.1) is 0 Å². The number of fused-ring (bicyclic) bond motifs is 2. The number of hydrogen-bond donors (Lipinski definition) is 3. The fourth-order valence-electron chi connectivity index (χ4n) is 3.55. The van der Waals surface area contributed by atoms with Gasteiger partial charge in [0.25, 0.3) is 5.91 Å². The molecule has 0 unspecified atom stereocenters. The van der Waals surface area contributed by atoms with Gasteiger partial charge in [0.2, 0.25) is 0 Å². The molecule has 0 saturated heterocycles. The average Bonchev–Trinajstić information content (AvgIpc) is 3.40. The van der Waals surface area contributed by atoms with Crippen molar-refractivity contribution >= 4 is 27.8 Å². The van der Waals surface area contributed by atoms with E-state index < -0.39 is 17.6 Å². The SMILES string of the molecule is O=C(NCc1cccc(C(F)(F)F)c1)c1ccc2nc(-c3n[nH]c4ccccc34)[nH]c2c1. The molecular formula is C23H16F3N5O. The normalized spacial score (nSPS) is 11.8. The van der Waals surface area contributed by atoms with Gasteiger partial charge in [0.05, 0.1) is 22.1 Å². The summed E-state index contributed by atoms with van der Waals surface area (Å²) in [5.74, 6) is 0.171. The van der Waals surface area contributed by atoms with Gasteiger partial charge in [0, 0.05) is 17.5 Å². The molecule has 0 atom stereocenters. The Hall–Kier alpha value is -4.14. The molecule has 0 spiro atoms. The van der Waals surface area contributed by atoms with Crippen LogP contribution in [0.5, 0.6) is 0 Å². The smallest absolute Gasteiger partial charge is 0.348 e. The Labute approximate surface area is 179 Å². The first-order valence-corrected chi connectivity index (χ1v) is 9.76. The quantitative estimate of drug-likeness (QED) is 0.369. The highest BCUT2D eigenvalue weighted by atomic mass is 19.4. The van der Waals surface area contributed by atoms with Gasteiger partial charge in [-0.2, -0.15) is 18.3 Å². The Kier molecular flexibility index (Phi) is 4.66. The van der Waals surface area contributed by atoms with Crippen LogP contribution in [0.4, 0.5) is 13.2 Å². The zero-order chi connectivity index (χ0) is 22.3. The molecule has 2 heterocycles. The number of hydrogen-bond acceptors (Lipinski definition) is 3. The summed E-state index contributed by atoms with van der Waals surface area (Å²) < 4.78 is 38.6. The maximum Gasteiger partial charge on any atom is 0.416 e. The molecule has 5 aromatic rings. The number of imidazole rings is 1. The highest BCUT2D eigenvalue weighted by Gasteiger charge is 2.30. The zero-order valence-electron chi connectivity index (χ0n) is 16.5. The summed E-state index contributed by atoms with van der Waals surface area (Å²) in [7, 11) is 0. The summed E-state index contributed by atoms with van der Waals surface area (Å²) in [5.41, 5.74) is 2.86. The molecule has 6 nitrogen and oxygen atoms in total. The van der Waals surface area contributed by atoms with E-state index in [9.17, 15) is 18.0 Å². The fourth-order valence-corrected chi connectivity index (χ4v) is 3.55. The molecule has 0 bridgehead atoms. The molecule has 9 heteroatoms. The Morgan fingerprint density at radius 3 is 2.66 bits per heavy atom. The predicted molar refractivity (Wildman–Crippen MR) is 114 cm³/mol. The minimum absolute atomic E-state index is 0.0196. The summed E-state index contributed by atoms with van der Waals surface area (Å²) >= 11 is 0. The molecule has 0 radical (unpaired) electrons. The number of nitrogens with one attached hydrogen (secondary N) is 3. The molecule has 0 aliphatic carbocycles. The summed E-state index contributed by atoms with van der Waals surface area (Å²) in [6, 6.07) is 17.5. The zero-order valence-corrected chi connectivity index (χ0v) is 16.5. The van der Waals surface area contributed by atoms with Crippen LogP contribution in [0.25, 0.3) is 33.5 Å². The molecule has 5 rings (SSSR count). The van der Waals surface area contributed by atoms with Crippen LogP contribution in [-0.4, -0.2) is 26.1 Å². The van der Waals surface area contributed by atoms with Crippen LogP contribution >= 0.6 is 0 Å². The van der Waals surface area contributed by atoms with Crippen molar-refractivity contribution in [3.63, 3.8) is 0 Å². The molecule has 32 heavy (non-hydrogen) atoms. The van der Waals surface area contributed by atoms with Gasteiger partial charge in [-0.3, -0.25) is 9.89 Å². The van der Waals surface area contributed by atoms with E-state index >= 15 is 0 Å². The van der Waals surface area contributed by atoms with E-state index in [2.05, 4.69) is 25.5 Å². The lowest BCUT2D eigenvalue weighted by atomic mass is 10.1. The van der Waals surface area contributed by atoms with E-state index in [1.165, 1.54) is 12.1 Å². The number of carbonyl (C=O) groups is 1. The van der Waals surface area contributed by atoms with E-state index in [0.717, 1.165) is 23.0 Å². The van der Waals surface area contributed by atoms with Crippen molar-refractivity contribution in [2.75, 3.05) is 0 Å². The van der Waals surface area contributed by atoms with Crippen LogP contribution in [0.15, 0.2) is 66.7 Å². The molecule has 160 valence electrons. The van der Waals surface area contributed by atoms with E-state index in [1.807, 2.05) is 24.3 Å². The van der Waals surface area contributed by atoms with E-state index in [-0.39, 0.29) is 6.54 Å². The second-order valence-corrected chi connectivity index (χ2v) is 7.32. The van der Waals surface area contributed by atoms with E-state index in [0.29, 0.717) is 33.7 Å². The number of para-hydroxylation sites is 1. The first-order valence-electron chi connectivity index (χ1n) is 9.76. The maximum absolute atomic E-state index is 12.9. The number of benzene rings is 3. The summed E-state index contributed by atoms with van der Waals surface area (Å²) in [4.78, 5) is 20.3. The van der Waals surface area contributed by atoms with Crippen molar-refractivity contribution in [1.29, 1.82) is 0 Å². The number of amides is 1. The lowest BCUT2D eigenvalue weighted by Crippen LogP contribution is -2.23. The molecule has 3 N–H and O–H groups in total. The number of H-pyrrole nitrogens is 2. The lowest BCUT2D eigenvalue weighted by molar-refractivity contribution is -0.137. The van der Waals surface area contributed by atoms with Crippen molar-refractivity contribution in [2.24, 2.45) is 0 Å². The molecule has 0 aliphatic heterocycles. The topological polar surface area (TPSA) is 86.5 Å². The van der Waals surface area contributed by atoms with Gasteiger partial charge >= 0.3 is 6.18 Å². The first-order chi connectivity index (χ1) is 15.4. The van der Waals surface area contributed by atoms with Gasteiger partial charge < -0.3 is 10.3 Å². The number of aromatic nitrogens is 4. The Bertz CT molecular complexity index is 1450. The highest BCUT2D eigenvalue weighted by molar-refractivity contribution is 5.98. The van der Waals surface area contributed by atoms with Crippen molar-refractivity contribution in [3.05, 3.63) is 83.4 Å². The second kappa shape index (κ2) is 7.52. The van der Waals surface area contributed by atoms with Gasteiger partial charge in [0.15, 0.2) is 5.82 Å². The van der Waals surface area contributed by atoms with Crippen LogP contribution in [-0.2, 0) is 12.7 Å². The third-order valence-corrected chi connectivity index (χ3v) is 5.15. The highest BCUT2D eigenvalue weighted by Crippen LogP contribution is 2.29. The summed E-state index contributed by atoms with van der Waals surface area (Å²) in [6.07, 6.45) is -4.43. The number of carbonyl (C=O) groups excluding carboxylic acids is 1. The molecule has 0 aliphatic rings. The largest absolute Gasteiger partial charge is 0.416 e. The Balaban J connectivity index is 1.36. The van der Waals surface area contributed by atoms with Crippen LogP contribution in [0, 0.1) is 0 Å². The Morgan fingerprint density at radius 1 is 0.969 bits per heavy atom. The van der Waals surface area contributed by atoms with Crippen LogP contribution in [0.1, 0.15) is 21.5 Å². The van der Waals surface area contributed by atoms with Crippen LogP contribution in [0.2, 0.25) is 0 Å². The van der Waals surface area contributed by atoms with Crippen LogP contribution in [0.3, 0.4) is 0 Å². The number of alkyl halides is 3. The first kappa shape index (κ1) is 19.8. The van der Waals surface area contributed by atoms with Gasteiger partial charge in [-0.05, 0) is 42.0 Å². The molecular weight excluding hydrogens is 419 g/mol. The second-order valence-electron chi connectivity index (χ2n) is 7.32. The van der Waals surface area contributed by atoms with Gasteiger partial charge in [-0.25, -0.2) is 4.98 Å². The van der Waals surface area contributed by atoms with Crippen LogP contribution < -0.4 is 5.32 Å². The van der Waals surface area contributed by atoms with E-state index in [1.54, 1.807) is 18.2 Å². The average molecular weight is 435 g/mol. The summed E-state index contributed by atoms with van der Waals surface area (Å²) in [5, 5.41) is 10.9. The minimum Gasteiger partial charge on any atom is -0.348 e. The van der Waals surface area contributed by atoms with Gasteiger partial charge in [0.1, 0.15) is 5.69 Å². The molecule has 0 fully saturated rings. The number of rotatable bonds is 4. The third kappa shape index (κ3) is 3.68. The molecule has 2 aromatic heterocycles.